The summed E-state index contributed by atoms with van der Waals surface area (Å²) in [4.78, 5) is 42.6. The molecule has 0 saturated carbocycles. The standard InChI is InChI=1S/C30H31N2O4/c1-31(30(35)36-22-24-14-7-3-8-15-24)27(25-16-9-4-10-17-25)21-29(34)32-19-11-18-26(32)28(33)20-23-12-5-2-6-13-23/h2-10,12-17,20,26-27H,11,18-19,21-22H2,1H3/t26-,27?/m0/s1. The first-order valence-electron chi connectivity index (χ1n) is 12.2. The summed E-state index contributed by atoms with van der Waals surface area (Å²) in [6.45, 7) is 0.680. The molecule has 3 aromatic carbocycles. The molecule has 1 aliphatic rings. The molecule has 3 aromatic rings. The molecular formula is C30H31N2O4. The Morgan fingerprint density at radius 2 is 1.56 bits per heavy atom. The molecular weight excluding hydrogens is 452 g/mol. The Kier molecular flexibility index (Phi) is 8.50. The molecule has 1 radical (unpaired) electrons. The van der Waals surface area contributed by atoms with Crippen LogP contribution in [0.25, 0.3) is 0 Å². The van der Waals surface area contributed by atoms with E-state index in [4.69, 9.17) is 4.74 Å². The highest BCUT2D eigenvalue weighted by Gasteiger charge is 2.36. The second-order valence-electron chi connectivity index (χ2n) is 8.98. The lowest BCUT2D eigenvalue weighted by atomic mass is 9.99. The van der Waals surface area contributed by atoms with Crippen LogP contribution in [0.5, 0.6) is 0 Å². The van der Waals surface area contributed by atoms with Crippen LogP contribution in [-0.2, 0) is 20.9 Å². The van der Waals surface area contributed by atoms with Gasteiger partial charge in [0.15, 0.2) is 5.78 Å². The third-order valence-electron chi connectivity index (χ3n) is 6.52. The lowest BCUT2D eigenvalue weighted by Crippen LogP contribution is -2.43. The molecule has 185 valence electrons. The lowest BCUT2D eigenvalue weighted by Gasteiger charge is -2.31. The Morgan fingerprint density at radius 1 is 0.944 bits per heavy atom. The maximum atomic E-state index is 13.5. The van der Waals surface area contributed by atoms with Gasteiger partial charge in [0, 0.05) is 13.6 Å². The van der Waals surface area contributed by atoms with Crippen molar-refractivity contribution in [1.82, 2.24) is 9.80 Å². The number of carbonyl (C=O) groups is 3. The van der Waals surface area contributed by atoms with Gasteiger partial charge in [0.2, 0.25) is 5.91 Å². The summed E-state index contributed by atoms with van der Waals surface area (Å²) in [6, 6.07) is 27.3. The third kappa shape index (κ3) is 6.39. The van der Waals surface area contributed by atoms with Crippen LogP contribution in [0.15, 0.2) is 91.0 Å². The van der Waals surface area contributed by atoms with Crippen molar-refractivity contribution in [3.63, 3.8) is 0 Å². The zero-order valence-corrected chi connectivity index (χ0v) is 20.5. The van der Waals surface area contributed by atoms with Crippen LogP contribution in [0, 0.1) is 6.42 Å². The van der Waals surface area contributed by atoms with Crippen molar-refractivity contribution in [3.8, 4) is 0 Å². The van der Waals surface area contributed by atoms with Crippen molar-refractivity contribution in [2.75, 3.05) is 13.6 Å². The second kappa shape index (κ2) is 12.2. The molecule has 1 unspecified atom stereocenters. The molecule has 0 spiro atoms. The molecule has 2 amide bonds. The Hall–Kier alpha value is -3.93. The van der Waals surface area contributed by atoms with Crippen LogP contribution >= 0.6 is 0 Å². The number of carbonyl (C=O) groups excluding carboxylic acids is 3. The molecule has 0 N–H and O–H groups in total. The average Bonchev–Trinajstić information content (AvgIpc) is 3.42. The van der Waals surface area contributed by atoms with Gasteiger partial charge in [-0.2, -0.15) is 0 Å². The van der Waals surface area contributed by atoms with E-state index in [1.165, 1.54) is 4.90 Å². The van der Waals surface area contributed by atoms with E-state index in [1.54, 1.807) is 18.4 Å². The van der Waals surface area contributed by atoms with Crippen molar-refractivity contribution >= 4 is 17.8 Å². The highest BCUT2D eigenvalue weighted by molar-refractivity contribution is 5.97. The van der Waals surface area contributed by atoms with E-state index in [1.807, 2.05) is 91.0 Å². The molecule has 4 rings (SSSR count). The Morgan fingerprint density at radius 3 is 2.22 bits per heavy atom. The molecule has 1 fully saturated rings. The fourth-order valence-electron chi connectivity index (χ4n) is 4.56. The molecule has 1 aliphatic heterocycles. The molecule has 36 heavy (non-hydrogen) atoms. The van der Waals surface area contributed by atoms with Gasteiger partial charge in [0.1, 0.15) is 6.61 Å². The average molecular weight is 484 g/mol. The number of amides is 2. The number of rotatable bonds is 9. The largest absolute Gasteiger partial charge is 0.445 e. The van der Waals surface area contributed by atoms with Crippen molar-refractivity contribution in [3.05, 3.63) is 114 Å². The summed E-state index contributed by atoms with van der Waals surface area (Å²) in [5, 5.41) is 0. The molecule has 0 aromatic heterocycles. The van der Waals surface area contributed by atoms with Gasteiger partial charge >= 0.3 is 6.09 Å². The van der Waals surface area contributed by atoms with Gasteiger partial charge in [0.25, 0.3) is 0 Å². The summed E-state index contributed by atoms with van der Waals surface area (Å²) in [5.41, 5.74) is 2.55. The van der Waals surface area contributed by atoms with Gasteiger partial charge in [-0.1, -0.05) is 91.0 Å². The van der Waals surface area contributed by atoms with Gasteiger partial charge in [0.05, 0.1) is 24.9 Å². The van der Waals surface area contributed by atoms with Crippen LogP contribution < -0.4 is 0 Å². The molecule has 0 bridgehead atoms. The van der Waals surface area contributed by atoms with Gasteiger partial charge in [-0.25, -0.2) is 4.79 Å². The molecule has 6 nitrogen and oxygen atoms in total. The molecule has 0 aliphatic carbocycles. The smallest absolute Gasteiger partial charge is 0.410 e. The number of likely N-dealkylation sites (tertiary alicyclic amines) is 1. The van der Waals surface area contributed by atoms with Crippen LogP contribution in [0.1, 0.15) is 42.0 Å². The van der Waals surface area contributed by atoms with E-state index in [0.29, 0.717) is 13.0 Å². The van der Waals surface area contributed by atoms with E-state index < -0.39 is 18.2 Å². The van der Waals surface area contributed by atoms with Crippen molar-refractivity contribution in [2.45, 2.75) is 38.0 Å². The first-order chi connectivity index (χ1) is 17.5. The topological polar surface area (TPSA) is 66.9 Å². The molecule has 6 heteroatoms. The van der Waals surface area contributed by atoms with Crippen molar-refractivity contribution < 1.29 is 19.1 Å². The van der Waals surface area contributed by atoms with Gasteiger partial charge in [-0.05, 0) is 29.5 Å². The normalized spacial score (nSPS) is 15.8. The number of hydrogen-bond donors (Lipinski definition) is 0. The predicted molar refractivity (Wildman–Crippen MR) is 138 cm³/mol. The Labute approximate surface area is 212 Å². The van der Waals surface area contributed by atoms with E-state index in [2.05, 4.69) is 0 Å². The van der Waals surface area contributed by atoms with Crippen LogP contribution in [0.2, 0.25) is 0 Å². The number of Topliss-reactive ketones (excluding diaryl/α,β-unsaturated/α-hetero) is 1. The van der Waals surface area contributed by atoms with E-state index >= 15 is 0 Å². The number of ether oxygens (including phenoxy) is 1. The fraction of sp³-hybridized carbons (Fsp3) is 0.267. The summed E-state index contributed by atoms with van der Waals surface area (Å²) >= 11 is 0. The van der Waals surface area contributed by atoms with E-state index in [-0.39, 0.29) is 24.7 Å². The second-order valence-corrected chi connectivity index (χ2v) is 8.98. The zero-order chi connectivity index (χ0) is 25.3. The van der Waals surface area contributed by atoms with Crippen molar-refractivity contribution in [1.29, 1.82) is 0 Å². The van der Waals surface area contributed by atoms with Gasteiger partial charge in [-0.15, -0.1) is 0 Å². The van der Waals surface area contributed by atoms with Crippen LogP contribution in [-0.4, -0.2) is 47.2 Å². The van der Waals surface area contributed by atoms with Gasteiger partial charge in [-0.3, -0.25) is 9.59 Å². The molecule has 1 saturated heterocycles. The van der Waals surface area contributed by atoms with E-state index in [9.17, 15) is 14.4 Å². The first-order valence-corrected chi connectivity index (χ1v) is 12.2. The van der Waals surface area contributed by atoms with Crippen molar-refractivity contribution in [2.24, 2.45) is 0 Å². The summed E-state index contributed by atoms with van der Waals surface area (Å²) in [5.74, 6) is -0.220. The van der Waals surface area contributed by atoms with Crippen LogP contribution in [0.4, 0.5) is 4.79 Å². The predicted octanol–water partition coefficient (Wildman–Crippen LogP) is 5.20. The van der Waals surface area contributed by atoms with Crippen LogP contribution in [0.3, 0.4) is 0 Å². The number of benzene rings is 3. The zero-order valence-electron chi connectivity index (χ0n) is 20.5. The third-order valence-corrected chi connectivity index (χ3v) is 6.52. The monoisotopic (exact) mass is 483 g/mol. The Bertz CT molecular complexity index is 1150. The summed E-state index contributed by atoms with van der Waals surface area (Å²) in [7, 11) is 1.65. The minimum Gasteiger partial charge on any atom is -0.445 e. The summed E-state index contributed by atoms with van der Waals surface area (Å²) < 4.78 is 5.53. The number of nitrogens with zero attached hydrogens (tertiary/aromatic N) is 2. The van der Waals surface area contributed by atoms with Gasteiger partial charge < -0.3 is 14.5 Å². The maximum absolute atomic E-state index is 13.5. The highest BCUT2D eigenvalue weighted by atomic mass is 16.6. The number of ketones is 1. The SMILES string of the molecule is CN(C(=O)OCc1ccccc1)C(CC(=O)N1CCC[C@H]1C(=O)[CH]c1ccccc1)c1ccccc1. The number of hydrogen-bond acceptors (Lipinski definition) is 4. The quantitative estimate of drug-likeness (QED) is 0.420. The fourth-order valence-corrected chi connectivity index (χ4v) is 4.56. The first kappa shape index (κ1) is 25.2. The minimum absolute atomic E-state index is 0.0655. The Balaban J connectivity index is 1.45. The minimum atomic E-state index is -0.517. The highest BCUT2D eigenvalue weighted by Crippen LogP contribution is 2.28. The maximum Gasteiger partial charge on any atom is 0.410 e. The molecule has 2 atom stereocenters. The lowest BCUT2D eigenvalue weighted by molar-refractivity contribution is -0.137. The summed E-state index contributed by atoms with van der Waals surface area (Å²) in [6.07, 6.45) is 2.58. The van der Waals surface area contributed by atoms with E-state index in [0.717, 1.165) is 23.1 Å². The molecule has 1 heterocycles.